The van der Waals surface area contributed by atoms with E-state index in [4.69, 9.17) is 0 Å². The van der Waals surface area contributed by atoms with Gasteiger partial charge in [-0.15, -0.1) is 0 Å². The van der Waals surface area contributed by atoms with E-state index in [0.29, 0.717) is 5.16 Å². The second kappa shape index (κ2) is 4.00. The Kier molecular flexibility index (Phi) is 3.15. The summed E-state index contributed by atoms with van der Waals surface area (Å²) in [6, 6.07) is -0.162. The molecule has 0 atom stereocenters. The lowest BCUT2D eigenvalue weighted by Gasteiger charge is -2.11. The molecule has 1 rings (SSSR count). The van der Waals surface area contributed by atoms with Gasteiger partial charge in [0.1, 0.15) is 0 Å². The van der Waals surface area contributed by atoms with E-state index in [1.807, 2.05) is 0 Å². The molecule has 0 amide bonds. The van der Waals surface area contributed by atoms with Crippen molar-refractivity contribution < 1.29 is 0 Å². The Labute approximate surface area is 85.8 Å². The van der Waals surface area contributed by atoms with Gasteiger partial charge in [0.15, 0.2) is 5.16 Å². The van der Waals surface area contributed by atoms with Crippen LogP contribution in [0.15, 0.2) is 14.7 Å². The molecule has 5 nitrogen and oxygen atoms in total. The molecule has 1 aromatic heterocycles. The molecule has 0 spiro atoms. The summed E-state index contributed by atoms with van der Waals surface area (Å²) in [5.74, 6) is 0. The fourth-order valence-corrected chi connectivity index (χ4v) is 1.68. The van der Waals surface area contributed by atoms with Gasteiger partial charge in [0.05, 0.1) is 0 Å². The Morgan fingerprint density at radius 2 is 1.93 bits per heavy atom. The highest BCUT2D eigenvalue weighted by molar-refractivity contribution is 7.98. The van der Waals surface area contributed by atoms with Gasteiger partial charge in [-0.1, -0.05) is 11.8 Å². The molecule has 0 fully saturated rings. The van der Waals surface area contributed by atoms with E-state index >= 15 is 0 Å². The lowest BCUT2D eigenvalue weighted by Crippen LogP contribution is -2.42. The summed E-state index contributed by atoms with van der Waals surface area (Å²) in [5, 5.41) is 0.442. The zero-order valence-electron chi connectivity index (χ0n) is 8.64. The van der Waals surface area contributed by atoms with Crippen molar-refractivity contribution in [2.24, 2.45) is 7.05 Å². The normalized spacial score (nSPS) is 10.9. The van der Waals surface area contributed by atoms with Crippen LogP contribution < -0.4 is 11.4 Å². The van der Waals surface area contributed by atoms with Crippen molar-refractivity contribution in [3.63, 3.8) is 0 Å². The Morgan fingerprint density at radius 1 is 1.36 bits per heavy atom. The SMILES string of the molecule is CSc1nc(=O)n(C(C)C)c(=O)n1C. The van der Waals surface area contributed by atoms with Crippen LogP contribution in [0.5, 0.6) is 0 Å². The Balaban J connectivity index is 3.58. The lowest BCUT2D eigenvalue weighted by molar-refractivity contribution is 0.476. The number of thioether (sulfide) groups is 1. The highest BCUT2D eigenvalue weighted by Crippen LogP contribution is 2.05. The number of hydrogen-bond acceptors (Lipinski definition) is 4. The average Bonchev–Trinajstić information content (AvgIpc) is 2.10. The van der Waals surface area contributed by atoms with Gasteiger partial charge in [-0.2, -0.15) is 4.98 Å². The van der Waals surface area contributed by atoms with Crippen LogP contribution >= 0.6 is 11.8 Å². The molecule has 0 radical (unpaired) electrons. The number of rotatable bonds is 2. The Morgan fingerprint density at radius 3 is 2.36 bits per heavy atom. The van der Waals surface area contributed by atoms with Crippen LogP contribution in [0.2, 0.25) is 0 Å². The minimum atomic E-state index is -0.479. The molecular weight excluding hydrogens is 202 g/mol. The zero-order valence-corrected chi connectivity index (χ0v) is 9.46. The molecule has 14 heavy (non-hydrogen) atoms. The van der Waals surface area contributed by atoms with Crippen molar-refractivity contribution in [3.05, 3.63) is 21.0 Å². The van der Waals surface area contributed by atoms with Gasteiger partial charge in [-0.25, -0.2) is 14.2 Å². The molecule has 1 heterocycles. The van der Waals surface area contributed by atoms with E-state index in [-0.39, 0.29) is 11.7 Å². The monoisotopic (exact) mass is 215 g/mol. The van der Waals surface area contributed by atoms with Crippen molar-refractivity contribution in [3.8, 4) is 0 Å². The fraction of sp³-hybridized carbons (Fsp3) is 0.625. The van der Waals surface area contributed by atoms with Gasteiger partial charge in [-0.3, -0.25) is 4.57 Å². The summed E-state index contributed by atoms with van der Waals surface area (Å²) < 4.78 is 2.52. The highest BCUT2D eigenvalue weighted by atomic mass is 32.2. The topological polar surface area (TPSA) is 56.9 Å². The molecule has 0 aliphatic rings. The largest absolute Gasteiger partial charge is 0.354 e. The van der Waals surface area contributed by atoms with Gasteiger partial charge in [-0.05, 0) is 20.1 Å². The maximum atomic E-state index is 11.7. The van der Waals surface area contributed by atoms with Gasteiger partial charge in [0, 0.05) is 13.1 Å². The van der Waals surface area contributed by atoms with E-state index < -0.39 is 5.69 Å². The highest BCUT2D eigenvalue weighted by Gasteiger charge is 2.11. The third kappa shape index (κ3) is 1.75. The first-order valence-corrected chi connectivity index (χ1v) is 5.45. The first-order valence-electron chi connectivity index (χ1n) is 4.22. The molecule has 0 aliphatic heterocycles. The zero-order chi connectivity index (χ0) is 10.9. The third-order valence-corrected chi connectivity index (χ3v) is 2.61. The van der Waals surface area contributed by atoms with Crippen LogP contribution in [0.1, 0.15) is 19.9 Å². The van der Waals surface area contributed by atoms with Crippen molar-refractivity contribution in [2.75, 3.05) is 6.26 Å². The molecule has 0 bridgehead atoms. The first-order chi connectivity index (χ1) is 6.49. The van der Waals surface area contributed by atoms with Gasteiger partial charge < -0.3 is 0 Å². The number of hydrogen-bond donors (Lipinski definition) is 0. The number of nitrogens with zero attached hydrogens (tertiary/aromatic N) is 3. The summed E-state index contributed by atoms with van der Waals surface area (Å²) in [7, 11) is 1.61. The molecule has 6 heteroatoms. The standard InChI is InChI=1S/C8H13N3O2S/c1-5(2)11-6(12)9-7(14-4)10(3)8(11)13/h5H,1-4H3. The predicted octanol–water partition coefficient (Wildman–Crippen LogP) is 0.245. The minimum Gasteiger partial charge on any atom is -0.275 e. The van der Waals surface area contributed by atoms with Crippen molar-refractivity contribution in [1.29, 1.82) is 0 Å². The second-order valence-corrected chi connectivity index (χ2v) is 3.96. The van der Waals surface area contributed by atoms with Crippen LogP contribution in [-0.4, -0.2) is 20.4 Å². The van der Waals surface area contributed by atoms with Gasteiger partial charge in [0.2, 0.25) is 0 Å². The van der Waals surface area contributed by atoms with Gasteiger partial charge in [0.25, 0.3) is 0 Å². The average molecular weight is 215 g/mol. The van der Waals surface area contributed by atoms with Gasteiger partial charge >= 0.3 is 11.4 Å². The molecule has 0 aromatic carbocycles. The summed E-state index contributed by atoms with van der Waals surface area (Å²) in [6.45, 7) is 3.56. The number of aromatic nitrogens is 3. The molecule has 78 valence electrons. The maximum Gasteiger partial charge on any atom is 0.354 e. The Bertz CT molecular complexity index is 447. The quantitative estimate of drug-likeness (QED) is 0.663. The van der Waals surface area contributed by atoms with E-state index in [1.54, 1.807) is 27.2 Å². The van der Waals surface area contributed by atoms with Crippen molar-refractivity contribution in [1.82, 2.24) is 14.1 Å². The van der Waals surface area contributed by atoms with Crippen molar-refractivity contribution >= 4 is 11.8 Å². The second-order valence-electron chi connectivity index (χ2n) is 3.19. The summed E-state index contributed by atoms with van der Waals surface area (Å²) >= 11 is 1.28. The molecule has 1 aromatic rings. The third-order valence-electron chi connectivity index (χ3n) is 1.88. The minimum absolute atomic E-state index is 0.162. The fourth-order valence-electron chi connectivity index (χ4n) is 1.16. The molecular formula is C8H13N3O2S. The van der Waals surface area contributed by atoms with Crippen LogP contribution in [0.4, 0.5) is 0 Å². The molecule has 0 saturated carbocycles. The summed E-state index contributed by atoms with van der Waals surface area (Å²) in [4.78, 5) is 26.9. The van der Waals surface area contributed by atoms with Crippen molar-refractivity contribution in [2.45, 2.75) is 25.0 Å². The van der Waals surface area contributed by atoms with Crippen LogP contribution in [0, 0.1) is 0 Å². The molecule has 0 unspecified atom stereocenters. The predicted molar refractivity (Wildman–Crippen MR) is 55.9 cm³/mol. The molecule has 0 N–H and O–H groups in total. The maximum absolute atomic E-state index is 11.7. The Hall–Kier alpha value is -1.04. The molecule has 0 aliphatic carbocycles. The van der Waals surface area contributed by atoms with Crippen LogP contribution in [0.25, 0.3) is 0 Å². The van der Waals surface area contributed by atoms with Crippen LogP contribution in [-0.2, 0) is 7.05 Å². The van der Waals surface area contributed by atoms with E-state index in [9.17, 15) is 9.59 Å². The van der Waals surface area contributed by atoms with Crippen LogP contribution in [0.3, 0.4) is 0 Å². The summed E-state index contributed by atoms with van der Waals surface area (Å²) in [5.41, 5.74) is -0.795. The van der Waals surface area contributed by atoms with E-state index in [0.717, 1.165) is 4.57 Å². The van der Waals surface area contributed by atoms with E-state index in [2.05, 4.69) is 4.98 Å². The lowest BCUT2D eigenvalue weighted by atomic mass is 10.4. The first kappa shape index (κ1) is 11.0. The van der Waals surface area contributed by atoms with E-state index in [1.165, 1.54) is 16.3 Å². The summed E-state index contributed by atoms with van der Waals surface area (Å²) in [6.07, 6.45) is 1.78. The smallest absolute Gasteiger partial charge is 0.275 e. The molecule has 0 saturated heterocycles.